The molecule has 8 heteroatoms. The van der Waals surface area contributed by atoms with E-state index in [9.17, 15) is 23.1 Å². The Morgan fingerprint density at radius 3 is 2.45 bits per heavy atom. The molecule has 0 saturated heterocycles. The molecule has 0 spiro atoms. The van der Waals surface area contributed by atoms with Crippen LogP contribution in [0.4, 0.5) is 13.2 Å². The van der Waals surface area contributed by atoms with Gasteiger partial charge in [0.15, 0.2) is 5.78 Å². The van der Waals surface area contributed by atoms with Crippen molar-refractivity contribution >= 4 is 11.5 Å². The first-order chi connectivity index (χ1) is 13.7. The second kappa shape index (κ2) is 8.55. The van der Waals surface area contributed by atoms with Crippen LogP contribution in [-0.2, 0) is 22.4 Å². The minimum Gasteiger partial charge on any atom is -0.507 e. The zero-order chi connectivity index (χ0) is 21.0. The number of rotatable bonds is 8. The highest BCUT2D eigenvalue weighted by Crippen LogP contribution is 2.31. The molecule has 3 rings (SSSR count). The molecule has 0 bridgehead atoms. The van der Waals surface area contributed by atoms with Crippen molar-refractivity contribution < 1.29 is 32.6 Å². The zero-order valence-corrected chi connectivity index (χ0v) is 15.7. The van der Waals surface area contributed by atoms with Crippen molar-refractivity contribution in [1.82, 2.24) is 0 Å². The summed E-state index contributed by atoms with van der Waals surface area (Å²) in [6.45, 7) is 1.59. The number of carbonyl (C=O) groups excluding carboxylic acids is 1. The fraction of sp³-hybridized carbons (Fsp3) is 0.333. The molecule has 0 amide bonds. The fourth-order valence-electron chi connectivity index (χ4n) is 2.63. The normalized spacial score (nSPS) is 14.6. The highest BCUT2D eigenvalue weighted by atomic mass is 19.4. The van der Waals surface area contributed by atoms with Gasteiger partial charge in [-0.25, -0.2) is 0 Å². The van der Waals surface area contributed by atoms with Crippen LogP contribution in [0.2, 0.25) is 0 Å². The van der Waals surface area contributed by atoms with Crippen LogP contribution in [-0.4, -0.2) is 23.2 Å². The van der Waals surface area contributed by atoms with Crippen LogP contribution >= 0.6 is 0 Å². The number of halogens is 3. The van der Waals surface area contributed by atoms with Crippen LogP contribution in [0, 0.1) is 5.92 Å². The summed E-state index contributed by atoms with van der Waals surface area (Å²) in [7, 11) is 0. The number of alkyl halides is 3. The van der Waals surface area contributed by atoms with E-state index in [1.165, 1.54) is 18.2 Å². The largest absolute Gasteiger partial charge is 0.507 e. The smallest absolute Gasteiger partial charge is 0.416 e. The number of Topliss-reactive ketones (excluding diaryl/α,β-unsaturated/α-hetero) is 1. The van der Waals surface area contributed by atoms with E-state index >= 15 is 0 Å². The Labute approximate surface area is 165 Å². The maximum atomic E-state index is 12.6. The van der Waals surface area contributed by atoms with Gasteiger partial charge < -0.3 is 14.7 Å². The Balaban J connectivity index is 1.55. The number of oxime groups is 1. The number of benzene rings is 2. The van der Waals surface area contributed by atoms with E-state index in [0.717, 1.165) is 25.0 Å². The van der Waals surface area contributed by atoms with Crippen molar-refractivity contribution in [2.24, 2.45) is 11.1 Å². The monoisotopic (exact) mass is 407 g/mol. The molecule has 2 aromatic rings. The van der Waals surface area contributed by atoms with Crippen molar-refractivity contribution in [3.05, 3.63) is 59.2 Å². The lowest BCUT2D eigenvalue weighted by molar-refractivity contribution is -0.137. The van der Waals surface area contributed by atoms with Crippen LogP contribution in [0.5, 0.6) is 11.5 Å². The predicted molar refractivity (Wildman–Crippen MR) is 99.8 cm³/mol. The number of ether oxygens (including phenoxy) is 1. The second-order valence-electron chi connectivity index (χ2n) is 6.85. The Kier molecular flexibility index (Phi) is 6.10. The summed E-state index contributed by atoms with van der Waals surface area (Å²) in [5.74, 6) is 0.460. The molecule has 5 nitrogen and oxygen atoms in total. The number of phenolic OH excluding ortho intramolecular Hbond substituents is 1. The first-order valence-electron chi connectivity index (χ1n) is 9.05. The first kappa shape index (κ1) is 20.7. The van der Waals surface area contributed by atoms with Gasteiger partial charge in [0.1, 0.15) is 24.7 Å². The Morgan fingerprint density at radius 2 is 1.86 bits per heavy atom. The summed E-state index contributed by atoms with van der Waals surface area (Å²) in [6, 6.07) is 9.20. The number of aromatic hydroxyl groups is 1. The molecule has 1 aliphatic carbocycles. The van der Waals surface area contributed by atoms with Crippen molar-refractivity contribution in [3.63, 3.8) is 0 Å². The maximum Gasteiger partial charge on any atom is 0.416 e. The lowest BCUT2D eigenvalue weighted by Crippen LogP contribution is -2.12. The average Bonchev–Trinajstić information content (AvgIpc) is 3.51. The van der Waals surface area contributed by atoms with E-state index in [4.69, 9.17) is 9.57 Å². The summed E-state index contributed by atoms with van der Waals surface area (Å²) < 4.78 is 43.1. The molecule has 1 aliphatic rings. The van der Waals surface area contributed by atoms with Crippen LogP contribution < -0.4 is 4.74 Å². The van der Waals surface area contributed by atoms with Gasteiger partial charge in [0, 0.05) is 17.5 Å². The number of phenols is 1. The number of ketones is 1. The first-order valence-corrected chi connectivity index (χ1v) is 9.05. The summed E-state index contributed by atoms with van der Waals surface area (Å²) in [5.41, 5.74) is 0.600. The van der Waals surface area contributed by atoms with Crippen molar-refractivity contribution in [1.29, 1.82) is 0 Å². The van der Waals surface area contributed by atoms with E-state index in [2.05, 4.69) is 5.16 Å². The molecule has 0 heterocycles. The highest BCUT2D eigenvalue weighted by molar-refractivity contribution is 6.00. The van der Waals surface area contributed by atoms with E-state index in [1.807, 2.05) is 0 Å². The van der Waals surface area contributed by atoms with Crippen molar-refractivity contribution in [2.45, 2.75) is 32.5 Å². The third-order valence-electron chi connectivity index (χ3n) is 4.49. The van der Waals surface area contributed by atoms with Gasteiger partial charge in [0.25, 0.3) is 0 Å². The molecule has 1 N–H and O–H groups in total. The molecule has 1 saturated carbocycles. The van der Waals surface area contributed by atoms with E-state index in [1.54, 1.807) is 19.1 Å². The molecule has 2 aromatic carbocycles. The van der Waals surface area contributed by atoms with E-state index in [0.29, 0.717) is 22.6 Å². The van der Waals surface area contributed by atoms with Crippen molar-refractivity contribution in [3.8, 4) is 11.5 Å². The third-order valence-corrected chi connectivity index (χ3v) is 4.49. The summed E-state index contributed by atoms with van der Waals surface area (Å²) in [5, 5.41) is 14.1. The standard InChI is InChI=1S/C21H20F3NO4/c1-13(25-29-11-14-2-6-16(7-3-14)21(22,23)24)18-9-8-17(10-19(18)26)28-12-20(27)15-4-5-15/h2-3,6-10,15,26H,4-5,11-12H2,1H3. The summed E-state index contributed by atoms with van der Waals surface area (Å²) >= 11 is 0. The Morgan fingerprint density at radius 1 is 1.17 bits per heavy atom. The molecule has 0 aromatic heterocycles. The lowest BCUT2D eigenvalue weighted by atomic mass is 10.1. The lowest BCUT2D eigenvalue weighted by Gasteiger charge is -2.09. The van der Waals surface area contributed by atoms with Crippen LogP contribution in [0.3, 0.4) is 0 Å². The molecule has 0 unspecified atom stereocenters. The van der Waals surface area contributed by atoms with Crippen LogP contribution in [0.15, 0.2) is 47.6 Å². The molecule has 29 heavy (non-hydrogen) atoms. The van der Waals surface area contributed by atoms with Gasteiger partial charge in [0.05, 0.1) is 11.3 Å². The van der Waals surface area contributed by atoms with Crippen LogP contribution in [0.25, 0.3) is 0 Å². The van der Waals surface area contributed by atoms with Gasteiger partial charge in [-0.05, 0) is 49.6 Å². The SMILES string of the molecule is CC(=NOCc1ccc(C(F)(F)F)cc1)c1ccc(OCC(=O)C2CC2)cc1O. The molecule has 0 aliphatic heterocycles. The van der Waals surface area contributed by atoms with Gasteiger partial charge in [-0.1, -0.05) is 17.3 Å². The fourth-order valence-corrected chi connectivity index (χ4v) is 2.63. The topological polar surface area (TPSA) is 68.1 Å². The molecule has 0 radical (unpaired) electrons. The average molecular weight is 407 g/mol. The minimum atomic E-state index is -4.38. The number of hydrogen-bond donors (Lipinski definition) is 1. The predicted octanol–water partition coefficient (Wildman–Crippen LogP) is 4.71. The second-order valence-corrected chi connectivity index (χ2v) is 6.85. The van der Waals surface area contributed by atoms with Gasteiger partial charge in [0.2, 0.25) is 0 Å². The van der Waals surface area contributed by atoms with Gasteiger partial charge in [-0.3, -0.25) is 4.79 Å². The highest BCUT2D eigenvalue weighted by Gasteiger charge is 2.30. The molecule has 1 fully saturated rings. The minimum absolute atomic E-state index is 0.0132. The van der Waals surface area contributed by atoms with E-state index in [-0.39, 0.29) is 30.7 Å². The molecular formula is C21H20F3NO4. The van der Waals surface area contributed by atoms with Gasteiger partial charge in [-0.2, -0.15) is 13.2 Å². The molecular weight excluding hydrogens is 387 g/mol. The third kappa shape index (κ3) is 5.73. The zero-order valence-electron chi connectivity index (χ0n) is 15.7. The maximum absolute atomic E-state index is 12.6. The molecule has 154 valence electrons. The Bertz CT molecular complexity index is 903. The number of nitrogens with zero attached hydrogens (tertiary/aromatic N) is 1. The van der Waals surface area contributed by atoms with E-state index < -0.39 is 11.7 Å². The van der Waals surface area contributed by atoms with Gasteiger partial charge in [-0.15, -0.1) is 0 Å². The number of carbonyl (C=O) groups is 1. The molecule has 0 atom stereocenters. The van der Waals surface area contributed by atoms with Gasteiger partial charge >= 0.3 is 6.18 Å². The summed E-state index contributed by atoms with van der Waals surface area (Å²) in [6.07, 6.45) is -2.56. The van der Waals surface area contributed by atoms with Crippen LogP contribution in [0.1, 0.15) is 36.5 Å². The summed E-state index contributed by atoms with van der Waals surface area (Å²) in [4.78, 5) is 16.8. The van der Waals surface area contributed by atoms with Crippen molar-refractivity contribution in [2.75, 3.05) is 6.61 Å². The quantitative estimate of drug-likeness (QED) is 0.508. The Hall–Kier alpha value is -3.03. The number of hydrogen-bond acceptors (Lipinski definition) is 5.